The fraction of sp³-hybridized carbons (Fsp3) is 0.250. The predicted octanol–water partition coefficient (Wildman–Crippen LogP) is 2.53. The summed E-state index contributed by atoms with van der Waals surface area (Å²) in [4.78, 5) is 29.5. The number of rotatable bonds is 7. The van der Waals surface area contributed by atoms with E-state index in [1.807, 2.05) is 24.3 Å². The van der Waals surface area contributed by atoms with Crippen LogP contribution in [0.3, 0.4) is 0 Å². The fourth-order valence-corrected chi connectivity index (χ4v) is 2.73. The number of methoxy groups -OCH3 is 1. The van der Waals surface area contributed by atoms with Gasteiger partial charge in [0.15, 0.2) is 5.69 Å². The molecule has 0 unspecified atom stereocenters. The van der Waals surface area contributed by atoms with Crippen molar-refractivity contribution >= 4 is 23.0 Å². The molecule has 0 fully saturated rings. The molecule has 2 heterocycles. The lowest BCUT2D eigenvalue weighted by Gasteiger charge is -2.05. The average Bonchev–Trinajstić information content (AvgIpc) is 3.09. The predicted molar refractivity (Wildman–Crippen MR) is 103 cm³/mol. The van der Waals surface area contributed by atoms with E-state index in [-0.39, 0.29) is 23.3 Å². The van der Waals surface area contributed by atoms with Crippen LogP contribution in [0.5, 0.6) is 0 Å². The molecule has 0 aliphatic rings. The Bertz CT molecular complexity index is 948. The van der Waals surface area contributed by atoms with Crippen LogP contribution in [-0.4, -0.2) is 41.5 Å². The van der Waals surface area contributed by atoms with Crippen molar-refractivity contribution in [3.05, 3.63) is 65.7 Å². The van der Waals surface area contributed by atoms with E-state index in [0.29, 0.717) is 24.4 Å². The average molecular weight is 366 g/mol. The highest BCUT2D eigenvalue weighted by molar-refractivity contribution is 6.06. The van der Waals surface area contributed by atoms with Crippen LogP contribution in [0.4, 0.5) is 5.69 Å². The molecule has 2 amide bonds. The summed E-state index contributed by atoms with van der Waals surface area (Å²) in [5, 5.41) is 5.57. The summed E-state index contributed by atoms with van der Waals surface area (Å²) in [6, 6.07) is 13.0. The molecule has 7 nitrogen and oxygen atoms in total. The molecule has 1 aromatic carbocycles. The second kappa shape index (κ2) is 8.46. The van der Waals surface area contributed by atoms with Gasteiger partial charge in [-0.3, -0.25) is 14.0 Å². The molecular weight excluding hydrogens is 344 g/mol. The molecule has 2 aromatic heterocycles. The number of hydrogen-bond acceptors (Lipinski definition) is 4. The molecule has 0 saturated carbocycles. The molecule has 0 spiro atoms. The standard InChI is InChI=1S/C20H22N4O3/c1-3-14-7-9-15(10-8-14)22-20(26)18-23-17(19(25)21-11-13-27-2)16-6-4-5-12-24(16)18/h4-10,12H,3,11,13H2,1-2H3,(H,21,25)(H,22,26). The van der Waals surface area contributed by atoms with E-state index in [1.54, 1.807) is 35.9 Å². The maximum Gasteiger partial charge on any atom is 0.292 e. The van der Waals surface area contributed by atoms with Crippen molar-refractivity contribution in [2.24, 2.45) is 0 Å². The van der Waals surface area contributed by atoms with Gasteiger partial charge in [-0.05, 0) is 36.2 Å². The van der Waals surface area contributed by atoms with E-state index in [0.717, 1.165) is 6.42 Å². The number of carbonyl (C=O) groups excluding carboxylic acids is 2. The van der Waals surface area contributed by atoms with Crippen LogP contribution in [0.25, 0.3) is 5.52 Å². The Morgan fingerprint density at radius 3 is 2.59 bits per heavy atom. The van der Waals surface area contributed by atoms with Crippen LogP contribution in [0, 0.1) is 0 Å². The number of carbonyl (C=O) groups is 2. The Labute approximate surface area is 157 Å². The fourth-order valence-electron chi connectivity index (χ4n) is 2.73. The van der Waals surface area contributed by atoms with Crippen LogP contribution in [0.2, 0.25) is 0 Å². The second-order valence-corrected chi connectivity index (χ2v) is 5.99. The van der Waals surface area contributed by atoms with Crippen molar-refractivity contribution in [2.75, 3.05) is 25.6 Å². The highest BCUT2D eigenvalue weighted by Crippen LogP contribution is 2.16. The first-order valence-electron chi connectivity index (χ1n) is 8.78. The van der Waals surface area contributed by atoms with Gasteiger partial charge in [0.1, 0.15) is 0 Å². The Hall–Kier alpha value is -3.19. The summed E-state index contributed by atoms with van der Waals surface area (Å²) in [6.45, 7) is 2.84. The van der Waals surface area contributed by atoms with Gasteiger partial charge in [-0.2, -0.15) is 0 Å². The van der Waals surface area contributed by atoms with Crippen LogP contribution in [0.15, 0.2) is 48.7 Å². The quantitative estimate of drug-likeness (QED) is 0.629. The molecule has 0 saturated heterocycles. The minimum absolute atomic E-state index is 0.155. The number of imidazole rings is 1. The molecule has 2 N–H and O–H groups in total. The maximum atomic E-state index is 12.7. The smallest absolute Gasteiger partial charge is 0.292 e. The van der Waals surface area contributed by atoms with Crippen molar-refractivity contribution in [1.82, 2.24) is 14.7 Å². The van der Waals surface area contributed by atoms with Gasteiger partial charge in [0.05, 0.1) is 12.1 Å². The van der Waals surface area contributed by atoms with Gasteiger partial charge >= 0.3 is 0 Å². The Morgan fingerprint density at radius 2 is 1.89 bits per heavy atom. The minimum Gasteiger partial charge on any atom is -0.383 e. The monoisotopic (exact) mass is 366 g/mol. The van der Waals surface area contributed by atoms with Crippen molar-refractivity contribution in [1.29, 1.82) is 0 Å². The zero-order valence-electron chi connectivity index (χ0n) is 15.4. The number of hydrogen-bond donors (Lipinski definition) is 2. The van der Waals surface area contributed by atoms with E-state index in [4.69, 9.17) is 4.74 Å². The van der Waals surface area contributed by atoms with Crippen LogP contribution in [0.1, 0.15) is 33.6 Å². The topological polar surface area (TPSA) is 84.7 Å². The van der Waals surface area contributed by atoms with Crippen LogP contribution in [-0.2, 0) is 11.2 Å². The summed E-state index contributed by atoms with van der Waals surface area (Å²) < 4.78 is 6.55. The number of amides is 2. The van der Waals surface area contributed by atoms with Gasteiger partial charge in [-0.15, -0.1) is 0 Å². The Morgan fingerprint density at radius 1 is 1.11 bits per heavy atom. The lowest BCUT2D eigenvalue weighted by Crippen LogP contribution is -2.27. The van der Waals surface area contributed by atoms with Crippen molar-refractivity contribution < 1.29 is 14.3 Å². The van der Waals surface area contributed by atoms with E-state index in [9.17, 15) is 9.59 Å². The SMILES string of the molecule is CCc1ccc(NC(=O)c2nc(C(=O)NCCOC)c3ccccn23)cc1. The third kappa shape index (κ3) is 4.15. The maximum absolute atomic E-state index is 12.7. The molecule has 0 atom stereocenters. The number of nitrogens with zero attached hydrogens (tertiary/aromatic N) is 2. The number of anilines is 1. The van der Waals surface area contributed by atoms with E-state index in [1.165, 1.54) is 5.56 Å². The molecule has 3 rings (SSSR count). The highest BCUT2D eigenvalue weighted by atomic mass is 16.5. The van der Waals surface area contributed by atoms with Gasteiger partial charge in [-0.25, -0.2) is 4.98 Å². The molecule has 0 aliphatic carbocycles. The third-order valence-corrected chi connectivity index (χ3v) is 4.18. The third-order valence-electron chi connectivity index (χ3n) is 4.18. The van der Waals surface area contributed by atoms with Gasteiger partial charge in [0, 0.05) is 25.5 Å². The van der Waals surface area contributed by atoms with Gasteiger partial charge < -0.3 is 15.4 Å². The van der Waals surface area contributed by atoms with Crippen LogP contribution >= 0.6 is 0 Å². The number of aromatic nitrogens is 2. The molecule has 0 aliphatic heterocycles. The number of fused-ring (bicyclic) bond motifs is 1. The summed E-state index contributed by atoms with van der Waals surface area (Å²) in [6.07, 6.45) is 2.64. The van der Waals surface area contributed by atoms with Gasteiger partial charge in [-0.1, -0.05) is 25.1 Å². The first-order chi connectivity index (χ1) is 13.1. The van der Waals surface area contributed by atoms with E-state index >= 15 is 0 Å². The molecule has 3 aromatic rings. The number of ether oxygens (including phenoxy) is 1. The first-order valence-corrected chi connectivity index (χ1v) is 8.78. The van der Waals surface area contributed by atoms with E-state index < -0.39 is 0 Å². The molecule has 27 heavy (non-hydrogen) atoms. The van der Waals surface area contributed by atoms with Crippen molar-refractivity contribution in [3.63, 3.8) is 0 Å². The lowest BCUT2D eigenvalue weighted by molar-refractivity contribution is 0.0934. The summed E-state index contributed by atoms with van der Waals surface area (Å²) in [7, 11) is 1.56. The second-order valence-electron chi connectivity index (χ2n) is 5.99. The largest absolute Gasteiger partial charge is 0.383 e. The van der Waals surface area contributed by atoms with E-state index in [2.05, 4.69) is 22.5 Å². The number of pyridine rings is 1. The Kier molecular flexibility index (Phi) is 5.83. The minimum atomic E-state index is -0.378. The highest BCUT2D eigenvalue weighted by Gasteiger charge is 2.21. The first kappa shape index (κ1) is 18.6. The molecular formula is C20H22N4O3. The zero-order chi connectivity index (χ0) is 19.2. The summed E-state index contributed by atoms with van der Waals surface area (Å²) in [5.41, 5.74) is 2.64. The lowest BCUT2D eigenvalue weighted by atomic mass is 10.1. The zero-order valence-corrected chi connectivity index (χ0v) is 15.4. The normalized spacial score (nSPS) is 10.7. The van der Waals surface area contributed by atoms with Crippen molar-refractivity contribution in [3.8, 4) is 0 Å². The van der Waals surface area contributed by atoms with Crippen LogP contribution < -0.4 is 10.6 Å². The number of aryl methyl sites for hydroxylation is 1. The molecule has 140 valence electrons. The molecule has 0 radical (unpaired) electrons. The summed E-state index contributed by atoms with van der Waals surface area (Å²) in [5.74, 6) is -0.569. The summed E-state index contributed by atoms with van der Waals surface area (Å²) >= 11 is 0. The van der Waals surface area contributed by atoms with Crippen molar-refractivity contribution in [2.45, 2.75) is 13.3 Å². The number of nitrogens with one attached hydrogen (secondary N) is 2. The molecule has 7 heteroatoms. The molecule has 0 bridgehead atoms. The number of benzene rings is 1. The Balaban J connectivity index is 1.87. The van der Waals surface area contributed by atoms with Gasteiger partial charge in [0.25, 0.3) is 11.8 Å². The van der Waals surface area contributed by atoms with Gasteiger partial charge in [0.2, 0.25) is 5.82 Å².